The fourth-order valence-electron chi connectivity index (χ4n) is 3.51. The van der Waals surface area contributed by atoms with Gasteiger partial charge < -0.3 is 10.4 Å². The van der Waals surface area contributed by atoms with Crippen molar-refractivity contribution < 1.29 is 14.7 Å². The van der Waals surface area contributed by atoms with Crippen LogP contribution in [0.4, 0.5) is 0 Å². The van der Waals surface area contributed by atoms with Gasteiger partial charge in [-0.15, -0.1) is 0 Å². The van der Waals surface area contributed by atoms with Gasteiger partial charge in [-0.25, -0.2) is 0 Å². The summed E-state index contributed by atoms with van der Waals surface area (Å²) in [6, 6.07) is 3.82. The first-order chi connectivity index (χ1) is 10.2. The van der Waals surface area contributed by atoms with Crippen LogP contribution in [0.3, 0.4) is 0 Å². The fourth-order valence-corrected chi connectivity index (χ4v) is 3.51. The van der Waals surface area contributed by atoms with Crippen molar-refractivity contribution >= 4 is 11.9 Å². The zero-order chi connectivity index (χ0) is 14.8. The van der Waals surface area contributed by atoms with Crippen LogP contribution in [0.5, 0.6) is 0 Å². The molecule has 2 aliphatic rings. The molecule has 0 aromatic carbocycles. The van der Waals surface area contributed by atoms with Crippen molar-refractivity contribution in [1.82, 2.24) is 10.3 Å². The number of nitrogens with zero attached hydrogens (tertiary/aromatic N) is 1. The topological polar surface area (TPSA) is 79.3 Å². The number of carbonyl (C=O) groups is 2. The number of carbonyl (C=O) groups excluding carboxylic acids is 1. The molecule has 5 heteroatoms. The normalized spacial score (nSPS) is 29.5. The first-order valence-corrected chi connectivity index (χ1v) is 7.24. The SMILES string of the molecule is O=C(O)[C@@H]1C2C=CC(C2)[C@@H]1C(=O)NCCc1cccnc1. The Hall–Kier alpha value is -2.17. The number of nitrogens with one attached hydrogen (secondary N) is 1. The van der Waals surface area contributed by atoms with Crippen LogP contribution in [0.15, 0.2) is 36.7 Å². The van der Waals surface area contributed by atoms with E-state index in [0.717, 1.165) is 12.0 Å². The first kappa shape index (κ1) is 13.8. The Labute approximate surface area is 123 Å². The molecule has 1 aromatic heterocycles. The van der Waals surface area contributed by atoms with E-state index in [9.17, 15) is 14.7 Å². The number of carboxylic acids is 1. The minimum absolute atomic E-state index is 0.0153. The van der Waals surface area contributed by atoms with Gasteiger partial charge in [0, 0.05) is 18.9 Å². The van der Waals surface area contributed by atoms with Crippen molar-refractivity contribution in [3.05, 3.63) is 42.2 Å². The molecule has 2 aliphatic carbocycles. The Morgan fingerprint density at radius 2 is 2.05 bits per heavy atom. The Kier molecular flexibility index (Phi) is 3.73. The predicted molar refractivity (Wildman–Crippen MR) is 76.3 cm³/mol. The Balaban J connectivity index is 1.58. The van der Waals surface area contributed by atoms with Gasteiger partial charge in [0.05, 0.1) is 11.8 Å². The lowest BCUT2D eigenvalue weighted by Crippen LogP contribution is -2.40. The number of aromatic nitrogens is 1. The summed E-state index contributed by atoms with van der Waals surface area (Å²) in [6.45, 7) is 0.508. The molecule has 0 radical (unpaired) electrons. The van der Waals surface area contributed by atoms with Crippen LogP contribution in [0.1, 0.15) is 12.0 Å². The van der Waals surface area contributed by atoms with Crippen LogP contribution in [0.25, 0.3) is 0 Å². The third-order valence-corrected chi connectivity index (χ3v) is 4.48. The number of aliphatic carboxylic acids is 1. The fraction of sp³-hybridized carbons (Fsp3) is 0.438. The van der Waals surface area contributed by atoms with Crippen molar-refractivity contribution in [3.63, 3.8) is 0 Å². The molecule has 110 valence electrons. The molecule has 1 heterocycles. The maximum Gasteiger partial charge on any atom is 0.307 e. The van der Waals surface area contributed by atoms with Gasteiger partial charge in [-0.05, 0) is 36.3 Å². The van der Waals surface area contributed by atoms with E-state index >= 15 is 0 Å². The summed E-state index contributed by atoms with van der Waals surface area (Å²) in [5.41, 5.74) is 1.06. The molecule has 2 N–H and O–H groups in total. The number of pyridine rings is 1. The van der Waals surface area contributed by atoms with E-state index in [0.29, 0.717) is 13.0 Å². The average molecular weight is 286 g/mol. The molecule has 1 saturated carbocycles. The number of carboxylic acid groups (broad SMARTS) is 1. The molecule has 5 nitrogen and oxygen atoms in total. The van der Waals surface area contributed by atoms with Crippen molar-refractivity contribution in [3.8, 4) is 0 Å². The molecule has 0 aliphatic heterocycles. The molecular formula is C16H18N2O3. The molecule has 1 aromatic rings. The lowest BCUT2D eigenvalue weighted by Gasteiger charge is -2.23. The van der Waals surface area contributed by atoms with Gasteiger partial charge in [0.1, 0.15) is 0 Å². The van der Waals surface area contributed by atoms with Gasteiger partial charge >= 0.3 is 5.97 Å². The number of hydrogen-bond acceptors (Lipinski definition) is 3. The number of hydrogen-bond donors (Lipinski definition) is 2. The zero-order valence-electron chi connectivity index (χ0n) is 11.6. The summed E-state index contributed by atoms with van der Waals surface area (Å²) in [7, 11) is 0. The van der Waals surface area contributed by atoms with Crippen molar-refractivity contribution in [1.29, 1.82) is 0 Å². The third-order valence-electron chi connectivity index (χ3n) is 4.48. The highest BCUT2D eigenvalue weighted by Gasteiger charge is 2.51. The summed E-state index contributed by atoms with van der Waals surface area (Å²) in [5, 5.41) is 12.2. The van der Waals surface area contributed by atoms with E-state index in [-0.39, 0.29) is 17.7 Å². The Morgan fingerprint density at radius 3 is 2.71 bits per heavy atom. The van der Waals surface area contributed by atoms with Gasteiger partial charge in [-0.2, -0.15) is 0 Å². The molecule has 1 amide bonds. The second-order valence-electron chi connectivity index (χ2n) is 5.74. The lowest BCUT2D eigenvalue weighted by molar-refractivity contribution is -0.147. The van der Waals surface area contributed by atoms with E-state index < -0.39 is 17.8 Å². The number of amides is 1. The van der Waals surface area contributed by atoms with Gasteiger partial charge in [0.15, 0.2) is 0 Å². The molecule has 2 unspecified atom stereocenters. The van der Waals surface area contributed by atoms with Crippen LogP contribution < -0.4 is 5.32 Å². The van der Waals surface area contributed by atoms with E-state index in [1.807, 2.05) is 24.3 Å². The van der Waals surface area contributed by atoms with Crippen LogP contribution in [0.2, 0.25) is 0 Å². The molecular weight excluding hydrogens is 268 g/mol. The smallest absolute Gasteiger partial charge is 0.307 e. The first-order valence-electron chi connectivity index (χ1n) is 7.24. The molecule has 0 saturated heterocycles. The summed E-state index contributed by atoms with van der Waals surface area (Å²) >= 11 is 0. The van der Waals surface area contributed by atoms with E-state index in [2.05, 4.69) is 10.3 Å². The van der Waals surface area contributed by atoms with Crippen LogP contribution in [0, 0.1) is 23.7 Å². The summed E-state index contributed by atoms with van der Waals surface area (Å²) in [6.07, 6.45) is 8.91. The van der Waals surface area contributed by atoms with E-state index in [1.54, 1.807) is 12.4 Å². The molecule has 3 rings (SSSR count). The number of fused-ring (bicyclic) bond motifs is 2. The van der Waals surface area contributed by atoms with Gasteiger partial charge in [0.2, 0.25) is 5.91 Å². The van der Waals surface area contributed by atoms with Crippen LogP contribution >= 0.6 is 0 Å². The second kappa shape index (κ2) is 5.68. The van der Waals surface area contributed by atoms with Crippen LogP contribution in [-0.2, 0) is 16.0 Å². The van der Waals surface area contributed by atoms with Crippen molar-refractivity contribution in [2.75, 3.05) is 6.54 Å². The minimum atomic E-state index is -0.862. The summed E-state index contributed by atoms with van der Waals surface area (Å²) in [5.74, 6) is -1.90. The minimum Gasteiger partial charge on any atom is -0.481 e. The number of allylic oxidation sites excluding steroid dienone is 2. The molecule has 0 spiro atoms. The van der Waals surface area contributed by atoms with E-state index in [4.69, 9.17) is 0 Å². The predicted octanol–water partition coefficient (Wildman–Crippen LogP) is 1.26. The van der Waals surface area contributed by atoms with Gasteiger partial charge in [-0.3, -0.25) is 14.6 Å². The maximum absolute atomic E-state index is 12.3. The largest absolute Gasteiger partial charge is 0.481 e. The zero-order valence-corrected chi connectivity index (χ0v) is 11.6. The third kappa shape index (κ3) is 2.68. The van der Waals surface area contributed by atoms with Crippen molar-refractivity contribution in [2.45, 2.75) is 12.8 Å². The quantitative estimate of drug-likeness (QED) is 0.799. The highest BCUT2D eigenvalue weighted by atomic mass is 16.4. The Bertz CT molecular complexity index is 570. The Morgan fingerprint density at radius 1 is 1.29 bits per heavy atom. The monoisotopic (exact) mass is 286 g/mol. The second-order valence-corrected chi connectivity index (χ2v) is 5.74. The molecule has 21 heavy (non-hydrogen) atoms. The highest BCUT2D eigenvalue weighted by Crippen LogP contribution is 2.48. The standard InChI is InChI=1S/C16H18N2O3/c19-15(18-7-5-10-2-1-6-17-9-10)13-11-3-4-12(8-11)14(13)16(20)21/h1-4,6,9,11-14H,5,7-8H2,(H,18,19)(H,20,21)/t11?,12?,13-,14+/m0/s1. The lowest BCUT2D eigenvalue weighted by atomic mass is 9.82. The molecule has 4 atom stereocenters. The number of rotatable bonds is 5. The van der Waals surface area contributed by atoms with Gasteiger partial charge in [-0.1, -0.05) is 18.2 Å². The highest BCUT2D eigenvalue weighted by molar-refractivity contribution is 5.86. The van der Waals surface area contributed by atoms with E-state index in [1.165, 1.54) is 0 Å². The van der Waals surface area contributed by atoms with Gasteiger partial charge in [0.25, 0.3) is 0 Å². The summed E-state index contributed by atoms with van der Waals surface area (Å²) < 4.78 is 0. The van der Waals surface area contributed by atoms with Crippen LogP contribution in [-0.4, -0.2) is 28.5 Å². The summed E-state index contributed by atoms with van der Waals surface area (Å²) in [4.78, 5) is 27.7. The molecule has 2 bridgehead atoms. The molecule has 1 fully saturated rings. The van der Waals surface area contributed by atoms with Crippen molar-refractivity contribution in [2.24, 2.45) is 23.7 Å². The maximum atomic E-state index is 12.3. The average Bonchev–Trinajstić information content (AvgIpc) is 3.08.